The van der Waals surface area contributed by atoms with E-state index in [1.54, 1.807) is 6.20 Å². The Morgan fingerprint density at radius 3 is 2.46 bits per heavy atom. The molecule has 0 aliphatic carbocycles. The van der Waals surface area contributed by atoms with Gasteiger partial charge in [0.25, 0.3) is 5.91 Å². The van der Waals surface area contributed by atoms with Gasteiger partial charge >= 0.3 is 0 Å². The second kappa shape index (κ2) is 7.04. The Balaban J connectivity index is 0.00000208. The Bertz CT molecular complexity index is 574. The average molecular weight is 355 g/mol. The van der Waals surface area contributed by atoms with E-state index in [4.69, 9.17) is 0 Å². The molecular weight excluding hydrogens is 324 g/mol. The SMILES string of the molecule is CCc1c(C(=O)N2CCC3(CCNC3)CC2)cnn1C(C)(C)C.Cl. The molecule has 3 rings (SSSR count). The minimum atomic E-state index is -0.0919. The van der Waals surface area contributed by atoms with E-state index in [9.17, 15) is 4.79 Å². The fourth-order valence-electron chi connectivity index (χ4n) is 4.05. The molecule has 136 valence electrons. The van der Waals surface area contributed by atoms with Gasteiger partial charge < -0.3 is 10.2 Å². The molecule has 5 nitrogen and oxygen atoms in total. The summed E-state index contributed by atoms with van der Waals surface area (Å²) in [5.74, 6) is 0.165. The molecule has 1 amide bonds. The minimum absolute atomic E-state index is 0. The zero-order valence-electron chi connectivity index (χ0n) is 15.4. The first-order valence-electron chi connectivity index (χ1n) is 8.94. The second-order valence-corrected chi connectivity index (χ2v) is 8.16. The zero-order valence-corrected chi connectivity index (χ0v) is 16.2. The van der Waals surface area contributed by atoms with Crippen LogP contribution in [0.1, 0.15) is 63.0 Å². The van der Waals surface area contributed by atoms with Crippen LogP contribution in [0.3, 0.4) is 0 Å². The lowest BCUT2D eigenvalue weighted by Crippen LogP contribution is -2.44. The predicted molar refractivity (Wildman–Crippen MR) is 98.9 cm³/mol. The Morgan fingerprint density at radius 2 is 1.96 bits per heavy atom. The van der Waals surface area contributed by atoms with E-state index in [0.29, 0.717) is 5.41 Å². The van der Waals surface area contributed by atoms with Gasteiger partial charge in [-0.05, 0) is 58.4 Å². The fourth-order valence-corrected chi connectivity index (χ4v) is 4.05. The van der Waals surface area contributed by atoms with Crippen LogP contribution >= 0.6 is 12.4 Å². The van der Waals surface area contributed by atoms with Crippen LogP contribution < -0.4 is 5.32 Å². The number of piperidine rings is 1. The molecule has 2 saturated heterocycles. The normalized spacial score (nSPS) is 20.2. The molecule has 1 aromatic rings. The highest BCUT2D eigenvalue weighted by Crippen LogP contribution is 2.37. The first-order valence-corrected chi connectivity index (χ1v) is 8.94. The summed E-state index contributed by atoms with van der Waals surface area (Å²) in [7, 11) is 0. The summed E-state index contributed by atoms with van der Waals surface area (Å²) < 4.78 is 2.01. The van der Waals surface area contributed by atoms with Crippen molar-refractivity contribution >= 4 is 18.3 Å². The van der Waals surface area contributed by atoms with Gasteiger partial charge in [-0.2, -0.15) is 5.10 Å². The Kier molecular flexibility index (Phi) is 5.65. The van der Waals surface area contributed by atoms with Crippen molar-refractivity contribution < 1.29 is 4.79 Å². The van der Waals surface area contributed by atoms with Crippen LogP contribution in [0, 0.1) is 5.41 Å². The van der Waals surface area contributed by atoms with Crippen LogP contribution in [0.4, 0.5) is 0 Å². The first kappa shape index (κ1) is 19.3. The number of nitrogens with one attached hydrogen (secondary N) is 1. The zero-order chi connectivity index (χ0) is 16.7. The lowest BCUT2D eigenvalue weighted by molar-refractivity contribution is 0.0606. The smallest absolute Gasteiger partial charge is 0.257 e. The molecule has 6 heteroatoms. The third kappa shape index (κ3) is 3.47. The molecule has 0 bridgehead atoms. The van der Waals surface area contributed by atoms with Crippen LogP contribution in [0.2, 0.25) is 0 Å². The molecule has 2 fully saturated rings. The fraction of sp³-hybridized carbons (Fsp3) is 0.778. The number of rotatable bonds is 2. The standard InChI is InChI=1S/C18H30N4O.ClH/c1-5-15-14(12-20-22(15)17(2,3)4)16(23)21-10-7-18(8-11-21)6-9-19-13-18;/h12,19H,5-11,13H2,1-4H3;1H. The first-order chi connectivity index (χ1) is 10.9. The van der Waals surface area contributed by atoms with Gasteiger partial charge in [0.05, 0.1) is 23.0 Å². The lowest BCUT2D eigenvalue weighted by Gasteiger charge is -2.38. The van der Waals surface area contributed by atoms with Crippen LogP contribution in [0.25, 0.3) is 0 Å². The third-order valence-electron chi connectivity index (χ3n) is 5.51. The monoisotopic (exact) mass is 354 g/mol. The van der Waals surface area contributed by atoms with Gasteiger partial charge in [-0.25, -0.2) is 0 Å². The van der Waals surface area contributed by atoms with Crippen molar-refractivity contribution in [1.82, 2.24) is 20.0 Å². The summed E-state index contributed by atoms with van der Waals surface area (Å²) in [6.07, 6.45) is 6.12. The van der Waals surface area contributed by atoms with Crippen LogP contribution in [0.15, 0.2) is 6.20 Å². The van der Waals surface area contributed by atoms with E-state index >= 15 is 0 Å². The van der Waals surface area contributed by atoms with Gasteiger partial charge in [0.15, 0.2) is 0 Å². The maximum Gasteiger partial charge on any atom is 0.257 e. The number of aromatic nitrogens is 2. The van der Waals surface area contributed by atoms with E-state index < -0.39 is 0 Å². The molecule has 0 radical (unpaired) electrons. The minimum Gasteiger partial charge on any atom is -0.338 e. The molecule has 3 heterocycles. The van der Waals surface area contributed by atoms with E-state index in [1.807, 2.05) is 9.58 Å². The molecular formula is C18H31ClN4O. The number of hydrogen-bond donors (Lipinski definition) is 1. The summed E-state index contributed by atoms with van der Waals surface area (Å²) in [6.45, 7) is 12.5. The number of carbonyl (C=O) groups excluding carboxylic acids is 1. The molecule has 2 aliphatic heterocycles. The highest BCUT2D eigenvalue weighted by Gasteiger charge is 2.38. The highest BCUT2D eigenvalue weighted by atomic mass is 35.5. The number of nitrogens with zero attached hydrogens (tertiary/aromatic N) is 3. The second-order valence-electron chi connectivity index (χ2n) is 8.16. The molecule has 24 heavy (non-hydrogen) atoms. The predicted octanol–water partition coefficient (Wildman–Crippen LogP) is 2.84. The number of amides is 1. The Morgan fingerprint density at radius 1 is 1.29 bits per heavy atom. The lowest BCUT2D eigenvalue weighted by atomic mass is 9.78. The summed E-state index contributed by atoms with van der Waals surface area (Å²) in [6, 6.07) is 0. The molecule has 0 aromatic carbocycles. The van der Waals surface area contributed by atoms with Crippen molar-refractivity contribution in [3.63, 3.8) is 0 Å². The van der Waals surface area contributed by atoms with Crippen molar-refractivity contribution in [2.45, 2.75) is 58.9 Å². The van der Waals surface area contributed by atoms with Crippen LogP contribution in [-0.2, 0) is 12.0 Å². The maximum absolute atomic E-state index is 13.0. The number of hydrogen-bond acceptors (Lipinski definition) is 3. The molecule has 1 spiro atoms. The molecule has 1 aromatic heterocycles. The van der Waals surface area contributed by atoms with Gasteiger partial charge in [0.1, 0.15) is 0 Å². The third-order valence-corrected chi connectivity index (χ3v) is 5.51. The number of carbonyl (C=O) groups is 1. The van der Waals surface area contributed by atoms with Crippen molar-refractivity contribution in [2.24, 2.45) is 5.41 Å². The summed E-state index contributed by atoms with van der Waals surface area (Å²) in [5.41, 5.74) is 2.21. The largest absolute Gasteiger partial charge is 0.338 e. The maximum atomic E-state index is 13.0. The molecule has 0 unspecified atom stereocenters. The van der Waals surface area contributed by atoms with Gasteiger partial charge in [0, 0.05) is 19.6 Å². The quantitative estimate of drug-likeness (QED) is 0.888. The number of halogens is 1. The summed E-state index contributed by atoms with van der Waals surface area (Å²) in [4.78, 5) is 15.0. The van der Waals surface area contributed by atoms with E-state index in [0.717, 1.165) is 56.7 Å². The Hall–Kier alpha value is -1.07. The van der Waals surface area contributed by atoms with Gasteiger partial charge in [-0.1, -0.05) is 6.92 Å². The summed E-state index contributed by atoms with van der Waals surface area (Å²) >= 11 is 0. The molecule has 0 saturated carbocycles. The van der Waals surface area contributed by atoms with Crippen LogP contribution in [-0.4, -0.2) is 46.8 Å². The van der Waals surface area contributed by atoms with E-state index in [1.165, 1.54) is 6.42 Å². The van der Waals surface area contributed by atoms with E-state index in [-0.39, 0.29) is 23.9 Å². The molecule has 1 N–H and O–H groups in total. The highest BCUT2D eigenvalue weighted by molar-refractivity contribution is 5.95. The van der Waals surface area contributed by atoms with Crippen molar-refractivity contribution in [1.29, 1.82) is 0 Å². The topological polar surface area (TPSA) is 50.2 Å². The Labute approximate surface area is 151 Å². The summed E-state index contributed by atoms with van der Waals surface area (Å²) in [5, 5.41) is 7.98. The average Bonchev–Trinajstić information content (AvgIpc) is 3.13. The molecule has 0 atom stereocenters. The van der Waals surface area contributed by atoms with Crippen molar-refractivity contribution in [2.75, 3.05) is 26.2 Å². The van der Waals surface area contributed by atoms with E-state index in [2.05, 4.69) is 38.1 Å². The van der Waals surface area contributed by atoms with Gasteiger partial charge in [-0.3, -0.25) is 9.48 Å². The molecule has 2 aliphatic rings. The van der Waals surface area contributed by atoms with Crippen molar-refractivity contribution in [3.05, 3.63) is 17.5 Å². The van der Waals surface area contributed by atoms with Gasteiger partial charge in [-0.15, -0.1) is 12.4 Å². The van der Waals surface area contributed by atoms with Crippen molar-refractivity contribution in [3.8, 4) is 0 Å². The number of likely N-dealkylation sites (tertiary alicyclic amines) is 1. The van der Waals surface area contributed by atoms with Crippen LogP contribution in [0.5, 0.6) is 0 Å². The van der Waals surface area contributed by atoms with Gasteiger partial charge in [0.2, 0.25) is 0 Å².